The highest BCUT2D eigenvalue weighted by molar-refractivity contribution is 9.10. The summed E-state index contributed by atoms with van der Waals surface area (Å²) >= 11 is 7.18. The van der Waals surface area contributed by atoms with Crippen LogP contribution in [0.4, 0.5) is 34.1 Å². The summed E-state index contributed by atoms with van der Waals surface area (Å²) in [5.41, 5.74) is 37.0. The number of rotatable bonds is 28. The Labute approximate surface area is 784 Å². The second-order valence-electron chi connectivity index (χ2n) is 35.0. The Hall–Kier alpha value is -12.7. The van der Waals surface area contributed by atoms with E-state index in [1.165, 1.54) is 216 Å². The van der Waals surface area contributed by atoms with Gasteiger partial charge in [0.15, 0.2) is 0 Å². The number of hydrogen-bond acceptors (Lipinski definition) is 6. The predicted octanol–water partition coefficient (Wildman–Crippen LogP) is 37.9. The average Bonchev–Trinajstić information content (AvgIpc) is 1.57. The first kappa shape index (κ1) is 89.3. The number of nitrogen functional groups attached to an aromatic ring is 1. The van der Waals surface area contributed by atoms with E-state index >= 15 is 0 Å². The average molecular weight is 1830 g/mol. The maximum Gasteiger partial charge on any atom is 0.137 e. The maximum absolute atomic E-state index is 6.44. The number of unbranched alkanes of at least 4 members (excludes halogenated alkanes) is 12. The minimum absolute atomic E-state index is 0.0228. The van der Waals surface area contributed by atoms with Crippen LogP contribution in [0.15, 0.2) is 398 Å². The number of benzene rings is 16. The van der Waals surface area contributed by atoms with E-state index in [4.69, 9.17) is 19.0 Å². The molecule has 0 unspecified atom stereocenters. The van der Waals surface area contributed by atoms with Crippen LogP contribution >= 0.6 is 31.9 Å². The molecule has 0 radical (unpaired) electrons. The quantitative estimate of drug-likeness (QED) is 0.0376. The van der Waals surface area contributed by atoms with Crippen LogP contribution in [-0.4, -0.2) is 0 Å². The van der Waals surface area contributed by atoms with Gasteiger partial charge in [0.2, 0.25) is 0 Å². The first-order chi connectivity index (χ1) is 64.0. The van der Waals surface area contributed by atoms with Crippen molar-refractivity contribution >= 4 is 132 Å². The van der Waals surface area contributed by atoms with Crippen LogP contribution in [0.3, 0.4) is 0 Å². The Morgan fingerprint density at radius 2 is 0.562 bits per heavy atom. The van der Waals surface area contributed by atoms with Crippen molar-refractivity contribution in [2.75, 3.05) is 16.0 Å². The Bertz CT molecular complexity index is 6910. The van der Waals surface area contributed by atoms with E-state index in [1.807, 2.05) is 103 Å². The number of nitrogens with two attached hydrogens (primary N) is 1. The van der Waals surface area contributed by atoms with Crippen molar-refractivity contribution in [1.29, 1.82) is 0 Å². The molecule has 0 saturated heterocycles. The number of anilines is 6. The fourth-order valence-corrected chi connectivity index (χ4v) is 20.5. The molecule has 3 aromatic heterocycles. The zero-order chi connectivity index (χ0) is 89.0. The summed E-state index contributed by atoms with van der Waals surface area (Å²) in [4.78, 5) is 2.43. The molecule has 0 aliphatic heterocycles. The molecule has 3 N–H and O–H groups in total. The van der Waals surface area contributed by atoms with Gasteiger partial charge in [-0.1, -0.05) is 405 Å². The van der Waals surface area contributed by atoms with Crippen molar-refractivity contribution in [3.63, 3.8) is 0 Å². The molecule has 2 aliphatic rings. The molecule has 2 aliphatic carbocycles. The van der Waals surface area contributed by atoms with Gasteiger partial charge in [0.05, 0.1) is 0 Å². The van der Waals surface area contributed by atoms with Gasteiger partial charge in [0.1, 0.15) is 33.5 Å². The summed E-state index contributed by atoms with van der Waals surface area (Å²) in [6.45, 7) is 9.24. The molecular weight excluding hydrogens is 1720 g/mol. The summed E-state index contributed by atoms with van der Waals surface area (Å²) in [6.07, 6.45) is 25.9. The largest absolute Gasteiger partial charge is 0.456 e. The number of para-hydroxylation sites is 3. The fraction of sp³-hybridized carbons (Fsp3) is 0.213. The minimum atomic E-state index is 0.0228. The summed E-state index contributed by atoms with van der Waals surface area (Å²) in [5.74, 6) is 0. The normalized spacial score (nSPS) is 12.4. The molecule has 0 amide bonds. The lowest BCUT2D eigenvalue weighted by Crippen LogP contribution is -2.26. The van der Waals surface area contributed by atoms with Crippen LogP contribution < -0.4 is 16.0 Å². The summed E-state index contributed by atoms with van der Waals surface area (Å²) < 4.78 is 20.4. The van der Waals surface area contributed by atoms with E-state index in [2.05, 4.69) is 343 Å². The number of halogens is 2. The lowest BCUT2D eigenvalue weighted by Gasteiger charge is -2.34. The summed E-state index contributed by atoms with van der Waals surface area (Å²) in [5, 5.41) is 10.4. The van der Waals surface area contributed by atoms with Crippen LogP contribution in [0.25, 0.3) is 121 Å². The molecule has 3 heterocycles. The van der Waals surface area contributed by atoms with Crippen molar-refractivity contribution in [3.8, 4) is 55.6 Å². The standard InChI is InChI=1S/C49H49NO.C25H33Br.C24H17NO.C12H7BrO.C12H11N/c1-3-5-7-16-32-49(33-17-8-6-4-2)45-22-14-12-20-41(45)42-30-28-39(34-46(42)49)50(38-26-24-37(25-27-38)36-18-10-9-11-19-36)40-29-31-44-43-21-13-15-23-47(43)51-48(44)35-40;1-3-5-7-11-17-25(18-12-8-6-4-2)23-14-10-9-13-21(23)22-16-15-20(26)19-24(22)25;1-2-6-17(7-3-1)18-10-12-19(13-11-18)25-20-14-15-22-21-8-4-5-9-23(21)26-24(22)16-20;13-8-5-6-10-9-3-1-2-4-11(9)14-12(10)7-8;13-12-8-6-11(7-9-12)10-4-2-1-3-5-10/h9-15,18-31,34-35H,3-8,16-17,32-33H2,1-2H3;9-10,13-16,19H,3-8,11-12,17-18H2,1-2H3;1-16,25H;1-7H;1-9H,13H2. The van der Waals surface area contributed by atoms with Gasteiger partial charge in [-0.15, -0.1) is 0 Å². The fourth-order valence-electron chi connectivity index (χ4n) is 19.8. The molecule has 6 nitrogen and oxygen atoms in total. The van der Waals surface area contributed by atoms with E-state index in [0.717, 1.165) is 88.0 Å². The van der Waals surface area contributed by atoms with Crippen LogP contribution in [0.2, 0.25) is 0 Å². The molecule has 0 atom stereocenters. The molecule has 0 bridgehead atoms. The molecule has 130 heavy (non-hydrogen) atoms. The van der Waals surface area contributed by atoms with Gasteiger partial charge in [-0.2, -0.15) is 0 Å². The van der Waals surface area contributed by atoms with Crippen LogP contribution in [0, 0.1) is 0 Å². The minimum Gasteiger partial charge on any atom is -0.456 e. The number of furan rings is 3. The molecule has 8 heteroatoms. The van der Waals surface area contributed by atoms with Gasteiger partial charge in [0, 0.05) is 98.3 Å². The number of fused-ring (bicyclic) bond motifs is 15. The van der Waals surface area contributed by atoms with E-state index in [0.29, 0.717) is 0 Å². The van der Waals surface area contributed by atoms with Crippen LogP contribution in [0.5, 0.6) is 0 Å². The number of nitrogens with one attached hydrogen (secondary N) is 1. The maximum atomic E-state index is 6.44. The SMILES string of the molecule is Brc1ccc2c(c1)oc1ccccc12.CCCCCCC1(CCCCCC)c2ccccc2-c2ccc(Br)cc21.CCCCCCC1(CCCCCC)c2ccccc2-c2ccc(N(c3ccc(-c4ccccc4)cc3)c3ccc4c(c3)oc3ccccc34)cc21.Nc1ccc(-c2ccccc2)cc1.c1ccc(-c2ccc(Nc3ccc4c(c3)oc3ccccc34)cc2)cc1. The summed E-state index contributed by atoms with van der Waals surface area (Å²) in [7, 11) is 0. The Morgan fingerprint density at radius 1 is 0.246 bits per heavy atom. The van der Waals surface area contributed by atoms with Crippen molar-refractivity contribution in [2.45, 2.75) is 167 Å². The molecule has 0 saturated carbocycles. The first-order valence-corrected chi connectivity index (χ1v) is 48.9. The van der Waals surface area contributed by atoms with E-state index < -0.39 is 0 Å². The van der Waals surface area contributed by atoms with Gasteiger partial charge in [-0.05, 0) is 225 Å². The third-order valence-electron chi connectivity index (χ3n) is 26.4. The van der Waals surface area contributed by atoms with Crippen molar-refractivity contribution in [2.24, 2.45) is 0 Å². The molecular formula is C122H117Br2N3O3. The highest BCUT2D eigenvalue weighted by Gasteiger charge is 2.44. The number of hydrogen-bond donors (Lipinski definition) is 2. The molecule has 0 spiro atoms. The smallest absolute Gasteiger partial charge is 0.137 e. The van der Waals surface area contributed by atoms with Crippen molar-refractivity contribution in [3.05, 3.63) is 407 Å². The van der Waals surface area contributed by atoms with Gasteiger partial charge >= 0.3 is 0 Å². The Morgan fingerprint density at radius 3 is 1.03 bits per heavy atom. The molecule has 0 fully saturated rings. The van der Waals surface area contributed by atoms with Crippen molar-refractivity contribution in [1.82, 2.24) is 0 Å². The third-order valence-corrected chi connectivity index (χ3v) is 27.4. The van der Waals surface area contributed by atoms with E-state index in [-0.39, 0.29) is 10.8 Å². The van der Waals surface area contributed by atoms with Gasteiger partial charge in [-0.25, -0.2) is 0 Å². The van der Waals surface area contributed by atoms with Crippen LogP contribution in [0.1, 0.15) is 178 Å². The van der Waals surface area contributed by atoms with Gasteiger partial charge in [0.25, 0.3) is 0 Å². The molecule has 19 aromatic rings. The second kappa shape index (κ2) is 42.7. The van der Waals surface area contributed by atoms with E-state index in [9.17, 15) is 0 Å². The highest BCUT2D eigenvalue weighted by Crippen LogP contribution is 2.58. The molecule has 16 aromatic carbocycles. The number of nitrogens with zero attached hydrogens (tertiary/aromatic N) is 1. The highest BCUT2D eigenvalue weighted by atomic mass is 79.9. The monoisotopic (exact) mass is 1830 g/mol. The lowest BCUT2D eigenvalue weighted by molar-refractivity contribution is 0.401. The molecule has 652 valence electrons. The zero-order valence-electron chi connectivity index (χ0n) is 75.4. The van der Waals surface area contributed by atoms with Crippen molar-refractivity contribution < 1.29 is 13.3 Å². The topological polar surface area (TPSA) is 80.7 Å². The van der Waals surface area contributed by atoms with E-state index in [1.54, 1.807) is 11.1 Å². The predicted molar refractivity (Wildman–Crippen MR) is 562 cm³/mol. The summed E-state index contributed by atoms with van der Waals surface area (Å²) in [6, 6.07) is 133. The first-order valence-electron chi connectivity index (χ1n) is 47.3. The lowest BCUT2D eigenvalue weighted by atomic mass is 9.70. The zero-order valence-corrected chi connectivity index (χ0v) is 78.6. The van der Waals surface area contributed by atoms with Gasteiger partial charge < -0.3 is 29.2 Å². The third kappa shape index (κ3) is 20.2. The van der Waals surface area contributed by atoms with Crippen LogP contribution in [-0.2, 0) is 10.8 Å². The Balaban J connectivity index is 0.000000126. The molecule has 21 rings (SSSR count). The second-order valence-corrected chi connectivity index (χ2v) is 36.9. The van der Waals surface area contributed by atoms with Gasteiger partial charge in [-0.3, -0.25) is 0 Å². The Kier molecular flexibility index (Phi) is 29.3.